The van der Waals surface area contributed by atoms with Gasteiger partial charge in [0.1, 0.15) is 3.69 Å². The Hall–Kier alpha value is -0.810. The third-order valence-corrected chi connectivity index (χ3v) is 3.77. The highest BCUT2D eigenvalue weighted by molar-refractivity contribution is 14.2. The zero-order valence-electron chi connectivity index (χ0n) is 7.56. The highest BCUT2D eigenvalue weighted by Gasteiger charge is 1.96. The van der Waals surface area contributed by atoms with Crippen LogP contribution in [0.1, 0.15) is 5.56 Å². The molecule has 0 aliphatic carbocycles. The normalized spacial score (nSPS) is 14.7. The van der Waals surface area contributed by atoms with Crippen molar-refractivity contribution in [2.24, 2.45) is 0 Å². The molecule has 0 fully saturated rings. The van der Waals surface area contributed by atoms with E-state index in [2.05, 4.69) is 21.2 Å². The molecule has 1 aliphatic heterocycles. The number of allylic oxidation sites excluding steroid dienone is 2. The summed E-state index contributed by atoms with van der Waals surface area (Å²) in [4.78, 5) is 3.96. The van der Waals surface area contributed by atoms with Gasteiger partial charge in [-0.05, 0) is 27.9 Å². The number of ether oxygens (including phenoxy) is 1. The Morgan fingerprint density at radius 3 is 2.79 bits per heavy atom. The minimum absolute atomic E-state index is 0.0381. The fourth-order valence-electron chi connectivity index (χ4n) is 1.02. The molecule has 3 heteroatoms. The van der Waals surface area contributed by atoms with Crippen molar-refractivity contribution in [3.8, 4) is 0 Å². The van der Waals surface area contributed by atoms with E-state index in [-0.39, 0.29) is 20.7 Å². The summed E-state index contributed by atoms with van der Waals surface area (Å²) in [5.41, 5.74) is 1.17. The number of nitrogens with zero attached hydrogens (tertiary/aromatic N) is 1. The van der Waals surface area contributed by atoms with Gasteiger partial charge in [0, 0.05) is 12.4 Å². The number of hydrogen-bond donors (Lipinski definition) is 0. The number of pyridine rings is 1. The topological polar surface area (TPSA) is 22.1 Å². The van der Waals surface area contributed by atoms with Crippen molar-refractivity contribution in [2.45, 2.75) is 6.61 Å². The Morgan fingerprint density at radius 2 is 2.07 bits per heavy atom. The summed E-state index contributed by atoms with van der Waals surface area (Å²) in [7, 11) is 0. The first-order valence-electron chi connectivity index (χ1n) is 4.30. The van der Waals surface area contributed by atoms with E-state index in [4.69, 9.17) is 4.74 Å². The van der Waals surface area contributed by atoms with Gasteiger partial charge in [0.2, 0.25) is 0 Å². The number of aromatic nitrogens is 1. The number of hydrogen-bond acceptors (Lipinski definition) is 2. The van der Waals surface area contributed by atoms with E-state index in [0.29, 0.717) is 6.61 Å². The molecule has 0 spiro atoms. The summed E-state index contributed by atoms with van der Waals surface area (Å²) in [6.45, 7) is 0.649. The van der Waals surface area contributed by atoms with Crippen molar-refractivity contribution in [3.63, 3.8) is 0 Å². The largest absolute Gasteiger partial charge is 0.335 e. The number of halogens is 1. The summed E-state index contributed by atoms with van der Waals surface area (Å²) >= 11 is -0.0381. The van der Waals surface area contributed by atoms with Crippen LogP contribution in [-0.4, -0.2) is 8.68 Å². The van der Waals surface area contributed by atoms with E-state index in [0.717, 1.165) is 3.69 Å². The van der Waals surface area contributed by atoms with Crippen LogP contribution in [0.25, 0.3) is 0 Å². The van der Waals surface area contributed by atoms with E-state index in [1.807, 2.05) is 18.2 Å². The molecule has 0 saturated heterocycles. The lowest BCUT2D eigenvalue weighted by Crippen LogP contribution is -1.99. The molecule has 72 valence electrons. The van der Waals surface area contributed by atoms with Gasteiger partial charge in [0.15, 0.2) is 0 Å². The average Bonchev–Trinajstić information content (AvgIpc) is 2.29. The van der Waals surface area contributed by atoms with Crippen molar-refractivity contribution < 1.29 is 4.74 Å². The molecule has 2 heterocycles. The van der Waals surface area contributed by atoms with Crippen LogP contribution in [0.4, 0.5) is 0 Å². The minimum Gasteiger partial charge on any atom is -0.335 e. The summed E-state index contributed by atoms with van der Waals surface area (Å²) in [6, 6.07) is 3.95. The summed E-state index contributed by atoms with van der Waals surface area (Å²) in [5, 5.41) is 0. The summed E-state index contributed by atoms with van der Waals surface area (Å²) < 4.78 is 8.99. The Balaban J connectivity index is 1.92. The standard InChI is InChI=1S/C11H10INO/c1-2-6-12-11(3-1)14-9-10-4-7-13-8-5-10/h1-8H,9H2. The SMILES string of the molecule is C1=CI=C(OCc2ccncc2)C=C1. The molecular weight excluding hydrogens is 289 g/mol. The number of rotatable bonds is 3. The molecule has 0 radical (unpaired) electrons. The van der Waals surface area contributed by atoms with Gasteiger partial charge in [0.25, 0.3) is 0 Å². The van der Waals surface area contributed by atoms with Crippen LogP contribution in [0.5, 0.6) is 0 Å². The molecule has 0 N–H and O–H groups in total. The first-order valence-corrected chi connectivity index (χ1v) is 6.63. The van der Waals surface area contributed by atoms with Crippen molar-refractivity contribution in [1.82, 2.24) is 4.98 Å². The second kappa shape index (κ2) is 5.17. The maximum atomic E-state index is 5.67. The van der Waals surface area contributed by atoms with Gasteiger partial charge < -0.3 is 4.74 Å². The van der Waals surface area contributed by atoms with Crippen molar-refractivity contribution in [2.75, 3.05) is 0 Å². The lowest BCUT2D eigenvalue weighted by atomic mass is 10.3. The fourth-order valence-corrected chi connectivity index (χ4v) is 2.57. The second-order valence-corrected chi connectivity index (χ2v) is 5.14. The summed E-state index contributed by atoms with van der Waals surface area (Å²) in [6.07, 6.45) is 9.72. The van der Waals surface area contributed by atoms with Crippen molar-refractivity contribution in [1.29, 1.82) is 0 Å². The second-order valence-electron chi connectivity index (χ2n) is 2.73. The average molecular weight is 299 g/mol. The van der Waals surface area contributed by atoms with Crippen LogP contribution < -0.4 is 0 Å². The highest BCUT2D eigenvalue weighted by Crippen LogP contribution is 2.12. The molecule has 2 nitrogen and oxygen atoms in total. The van der Waals surface area contributed by atoms with E-state index >= 15 is 0 Å². The Morgan fingerprint density at radius 1 is 1.21 bits per heavy atom. The third-order valence-electron chi connectivity index (χ3n) is 1.71. The van der Waals surface area contributed by atoms with Gasteiger partial charge >= 0.3 is 0 Å². The van der Waals surface area contributed by atoms with Gasteiger partial charge in [-0.1, -0.05) is 32.9 Å². The lowest BCUT2D eigenvalue weighted by Gasteiger charge is -2.04. The molecule has 1 aromatic heterocycles. The molecule has 1 aliphatic rings. The van der Waals surface area contributed by atoms with Crippen LogP contribution in [0.3, 0.4) is 0 Å². The molecule has 0 atom stereocenters. The van der Waals surface area contributed by atoms with E-state index in [1.165, 1.54) is 5.56 Å². The van der Waals surface area contributed by atoms with Gasteiger partial charge in [-0.2, -0.15) is 0 Å². The quantitative estimate of drug-likeness (QED) is 0.801. The van der Waals surface area contributed by atoms with Crippen LogP contribution in [0, 0.1) is 0 Å². The molecule has 0 bridgehead atoms. The predicted molar refractivity (Wildman–Crippen MR) is 66.3 cm³/mol. The molecule has 0 aromatic carbocycles. The molecule has 0 unspecified atom stereocenters. The Labute approximate surface area is 93.1 Å². The van der Waals surface area contributed by atoms with Crippen LogP contribution in [0.2, 0.25) is 0 Å². The monoisotopic (exact) mass is 299 g/mol. The molecule has 1 aromatic rings. The van der Waals surface area contributed by atoms with Crippen molar-refractivity contribution in [3.05, 3.63) is 52.4 Å². The lowest BCUT2D eigenvalue weighted by molar-refractivity contribution is 0.304. The molecule has 0 saturated carbocycles. The smallest absolute Gasteiger partial charge is 0.108 e. The zero-order valence-corrected chi connectivity index (χ0v) is 9.72. The first-order chi connectivity index (χ1) is 6.95. The molecule has 14 heavy (non-hydrogen) atoms. The Kier molecular flexibility index (Phi) is 3.59. The van der Waals surface area contributed by atoms with Gasteiger partial charge in [-0.15, -0.1) is 0 Å². The van der Waals surface area contributed by atoms with Gasteiger partial charge in [-0.25, -0.2) is 0 Å². The van der Waals surface area contributed by atoms with E-state index in [9.17, 15) is 0 Å². The van der Waals surface area contributed by atoms with Gasteiger partial charge in [0.05, 0.1) is 6.61 Å². The third kappa shape index (κ3) is 2.85. The summed E-state index contributed by atoms with van der Waals surface area (Å²) in [5.74, 6) is 0. The maximum Gasteiger partial charge on any atom is 0.108 e. The van der Waals surface area contributed by atoms with E-state index in [1.54, 1.807) is 12.4 Å². The van der Waals surface area contributed by atoms with E-state index < -0.39 is 0 Å². The first kappa shape index (κ1) is 9.73. The van der Waals surface area contributed by atoms with Crippen LogP contribution in [0.15, 0.2) is 46.8 Å². The predicted octanol–water partition coefficient (Wildman–Crippen LogP) is 2.78. The van der Waals surface area contributed by atoms with Gasteiger partial charge in [-0.3, -0.25) is 4.98 Å². The maximum absolute atomic E-state index is 5.67. The fraction of sp³-hybridized carbons (Fsp3) is 0.0909. The van der Waals surface area contributed by atoms with Crippen LogP contribution >= 0.6 is 20.7 Å². The molecular formula is C11H10INO. The Bertz CT molecular complexity index is 382. The molecule has 2 rings (SSSR count). The highest BCUT2D eigenvalue weighted by atomic mass is 127. The minimum atomic E-state index is -0.0381. The zero-order chi connectivity index (χ0) is 9.64. The van der Waals surface area contributed by atoms with Crippen molar-refractivity contribution >= 4 is 24.4 Å². The van der Waals surface area contributed by atoms with Crippen LogP contribution in [-0.2, 0) is 11.3 Å². The molecule has 0 amide bonds.